The Hall–Kier alpha value is -1.67. The van der Waals surface area contributed by atoms with Gasteiger partial charge in [-0.05, 0) is 24.6 Å². The molecule has 1 aromatic rings. The molecule has 0 spiro atoms. The Bertz CT molecular complexity index is 740. The molecule has 0 radical (unpaired) electrons. The molecule has 9 heteroatoms. The van der Waals surface area contributed by atoms with Crippen LogP contribution >= 0.6 is 11.6 Å². The van der Waals surface area contributed by atoms with Crippen LogP contribution in [-0.4, -0.2) is 65.7 Å². The number of nitrogens with one attached hydrogen (secondary N) is 2. The highest BCUT2D eigenvalue weighted by molar-refractivity contribution is 7.91. The van der Waals surface area contributed by atoms with E-state index in [0.717, 1.165) is 30.9 Å². The van der Waals surface area contributed by atoms with Crippen molar-refractivity contribution < 1.29 is 13.2 Å². The molecule has 1 atom stereocenters. The van der Waals surface area contributed by atoms with E-state index in [1.807, 2.05) is 18.2 Å². The highest BCUT2D eigenvalue weighted by atomic mass is 35.5. The van der Waals surface area contributed by atoms with E-state index in [0.29, 0.717) is 17.5 Å². The fourth-order valence-electron chi connectivity index (χ4n) is 2.86. The monoisotopic (exact) mass is 402 g/mol. The van der Waals surface area contributed by atoms with Crippen molar-refractivity contribution in [2.45, 2.75) is 19.4 Å². The topological polar surface area (TPSA) is 83.0 Å². The molecule has 7 nitrogen and oxygen atoms in total. The molecular weight excluding hydrogens is 376 g/mol. The van der Waals surface area contributed by atoms with E-state index in [1.54, 1.807) is 21.1 Å². The first kappa shape index (κ1) is 20.6. The van der Waals surface area contributed by atoms with Crippen molar-refractivity contribution in [3.8, 4) is 5.75 Å². The summed E-state index contributed by atoms with van der Waals surface area (Å²) in [6, 6.07) is 5.79. The highest BCUT2D eigenvalue weighted by Crippen LogP contribution is 2.33. The van der Waals surface area contributed by atoms with Crippen LogP contribution in [0.3, 0.4) is 0 Å². The maximum atomic E-state index is 11.6. The predicted octanol–water partition coefficient (Wildman–Crippen LogP) is 1.53. The maximum absolute atomic E-state index is 11.6. The van der Waals surface area contributed by atoms with Gasteiger partial charge in [0, 0.05) is 43.5 Å². The van der Waals surface area contributed by atoms with Crippen molar-refractivity contribution in [3.05, 3.63) is 23.2 Å². The smallest absolute Gasteiger partial charge is 0.191 e. The number of anilines is 1. The largest absolute Gasteiger partial charge is 0.495 e. The van der Waals surface area contributed by atoms with Gasteiger partial charge in [0.15, 0.2) is 15.8 Å². The third-order valence-corrected chi connectivity index (χ3v) is 6.32. The van der Waals surface area contributed by atoms with E-state index < -0.39 is 9.84 Å². The average Bonchev–Trinajstić information content (AvgIpc) is 3.09. The lowest BCUT2D eigenvalue weighted by atomic mass is 10.2. The van der Waals surface area contributed by atoms with Gasteiger partial charge in [0.25, 0.3) is 0 Å². The van der Waals surface area contributed by atoms with Crippen LogP contribution in [0, 0.1) is 0 Å². The highest BCUT2D eigenvalue weighted by Gasteiger charge is 2.25. The van der Waals surface area contributed by atoms with Crippen molar-refractivity contribution in [1.82, 2.24) is 10.6 Å². The van der Waals surface area contributed by atoms with Gasteiger partial charge in [-0.3, -0.25) is 4.99 Å². The van der Waals surface area contributed by atoms with Crippen molar-refractivity contribution in [1.29, 1.82) is 0 Å². The zero-order chi connectivity index (χ0) is 19.2. The number of nitrogens with zero attached hydrogens (tertiary/aromatic N) is 2. The fourth-order valence-corrected chi connectivity index (χ4v) is 3.73. The number of guanidine groups is 1. The molecule has 2 rings (SSSR count). The molecule has 0 bridgehead atoms. The molecule has 1 heterocycles. The lowest BCUT2D eigenvalue weighted by Crippen LogP contribution is -2.45. The summed E-state index contributed by atoms with van der Waals surface area (Å²) in [4.78, 5) is 6.40. The maximum Gasteiger partial charge on any atom is 0.191 e. The molecule has 1 aliphatic heterocycles. The van der Waals surface area contributed by atoms with Gasteiger partial charge in [0.1, 0.15) is 5.75 Å². The average molecular weight is 403 g/mol. The van der Waals surface area contributed by atoms with Gasteiger partial charge in [0.05, 0.1) is 18.6 Å². The van der Waals surface area contributed by atoms with Gasteiger partial charge in [-0.1, -0.05) is 18.5 Å². The SMILES string of the molecule is CCS(=O)(=O)CCNC(=NC)NC1CCN(c2cc(Cl)ccc2OC)C1. The van der Waals surface area contributed by atoms with Gasteiger partial charge in [-0.15, -0.1) is 0 Å². The van der Waals surface area contributed by atoms with E-state index in [2.05, 4.69) is 20.5 Å². The Morgan fingerprint density at radius 3 is 2.88 bits per heavy atom. The molecule has 1 aromatic carbocycles. The van der Waals surface area contributed by atoms with E-state index >= 15 is 0 Å². The number of hydrogen-bond donors (Lipinski definition) is 2. The van der Waals surface area contributed by atoms with Crippen LogP contribution in [0.4, 0.5) is 5.69 Å². The number of aliphatic imine (C=N–C) groups is 1. The summed E-state index contributed by atoms with van der Waals surface area (Å²) in [6.45, 7) is 3.65. The first-order chi connectivity index (χ1) is 12.4. The molecular formula is C17H27ClN4O3S. The molecule has 0 amide bonds. The Kier molecular flexibility index (Phi) is 7.40. The molecule has 0 aromatic heterocycles. The molecule has 146 valence electrons. The van der Waals surface area contributed by atoms with Gasteiger partial charge in [0.2, 0.25) is 0 Å². The standard InChI is InChI=1S/C17H27ClN4O3S/c1-4-26(23,24)10-8-20-17(19-2)21-14-7-9-22(12-14)15-11-13(18)5-6-16(15)25-3/h5-6,11,14H,4,7-10,12H2,1-3H3,(H2,19,20,21). The van der Waals surface area contributed by atoms with E-state index in [9.17, 15) is 8.42 Å². The summed E-state index contributed by atoms with van der Waals surface area (Å²) in [5.41, 5.74) is 0.973. The second kappa shape index (κ2) is 9.32. The minimum atomic E-state index is -2.99. The third kappa shape index (κ3) is 5.67. The molecule has 0 saturated carbocycles. The summed E-state index contributed by atoms with van der Waals surface area (Å²) >= 11 is 6.13. The van der Waals surface area contributed by atoms with Gasteiger partial charge in [-0.25, -0.2) is 8.42 Å². The minimum Gasteiger partial charge on any atom is -0.495 e. The van der Waals surface area contributed by atoms with E-state index in [-0.39, 0.29) is 17.5 Å². The summed E-state index contributed by atoms with van der Waals surface area (Å²) < 4.78 is 28.6. The van der Waals surface area contributed by atoms with Gasteiger partial charge >= 0.3 is 0 Å². The number of hydrogen-bond acceptors (Lipinski definition) is 5. The zero-order valence-electron chi connectivity index (χ0n) is 15.5. The molecule has 1 unspecified atom stereocenters. The molecule has 1 fully saturated rings. The van der Waals surface area contributed by atoms with E-state index in [4.69, 9.17) is 16.3 Å². The number of halogens is 1. The number of benzene rings is 1. The third-order valence-electron chi connectivity index (χ3n) is 4.38. The molecule has 2 N–H and O–H groups in total. The Morgan fingerprint density at radius 2 is 2.23 bits per heavy atom. The summed E-state index contributed by atoms with van der Waals surface area (Å²) in [6.07, 6.45) is 0.934. The zero-order valence-corrected chi connectivity index (χ0v) is 17.0. The lowest BCUT2D eigenvalue weighted by molar-refractivity contribution is 0.415. The van der Waals surface area contributed by atoms with Crippen molar-refractivity contribution in [2.75, 3.05) is 50.2 Å². The quantitative estimate of drug-likeness (QED) is 0.531. The number of methoxy groups -OCH3 is 1. The normalized spacial score (nSPS) is 18.1. The first-order valence-corrected chi connectivity index (χ1v) is 10.8. The Labute approximate surface area is 160 Å². The van der Waals surface area contributed by atoms with Crippen LogP contribution in [0.1, 0.15) is 13.3 Å². The van der Waals surface area contributed by atoms with E-state index in [1.165, 1.54) is 0 Å². The molecule has 1 aliphatic rings. The van der Waals surface area contributed by atoms with Gasteiger partial charge < -0.3 is 20.3 Å². The van der Waals surface area contributed by atoms with Crippen molar-refractivity contribution in [2.24, 2.45) is 4.99 Å². The molecule has 26 heavy (non-hydrogen) atoms. The second-order valence-corrected chi connectivity index (χ2v) is 9.04. The summed E-state index contributed by atoms with van der Waals surface area (Å²) in [5, 5.41) is 7.09. The van der Waals surface area contributed by atoms with Crippen LogP contribution < -0.4 is 20.3 Å². The lowest BCUT2D eigenvalue weighted by Gasteiger charge is -2.22. The first-order valence-electron chi connectivity index (χ1n) is 8.64. The summed E-state index contributed by atoms with van der Waals surface area (Å²) in [7, 11) is 0.337. The number of ether oxygens (including phenoxy) is 1. The number of rotatable bonds is 7. The fraction of sp³-hybridized carbons (Fsp3) is 0.588. The van der Waals surface area contributed by atoms with Crippen molar-refractivity contribution in [3.63, 3.8) is 0 Å². The molecule has 1 saturated heterocycles. The Morgan fingerprint density at radius 1 is 1.46 bits per heavy atom. The number of sulfone groups is 1. The van der Waals surface area contributed by atoms with Crippen molar-refractivity contribution >= 4 is 33.1 Å². The predicted molar refractivity (Wildman–Crippen MR) is 107 cm³/mol. The minimum absolute atomic E-state index is 0.0979. The van der Waals surface area contributed by atoms with Crippen LogP contribution in [0.5, 0.6) is 5.75 Å². The van der Waals surface area contributed by atoms with Gasteiger partial charge in [-0.2, -0.15) is 0 Å². The van der Waals surface area contributed by atoms with Crippen LogP contribution in [0.15, 0.2) is 23.2 Å². The van der Waals surface area contributed by atoms with Crippen LogP contribution in [0.2, 0.25) is 5.02 Å². The van der Waals surface area contributed by atoms with Crippen LogP contribution in [0.25, 0.3) is 0 Å². The second-order valence-electron chi connectivity index (χ2n) is 6.13. The Balaban J connectivity index is 1.91. The molecule has 0 aliphatic carbocycles. The summed E-state index contributed by atoms with van der Waals surface area (Å²) in [5.74, 6) is 1.66. The van der Waals surface area contributed by atoms with Crippen LogP contribution in [-0.2, 0) is 9.84 Å².